The molecule has 1 aliphatic heterocycles. The molecular weight excluding hydrogens is 466 g/mol. The molecule has 0 unspecified atom stereocenters. The van der Waals surface area contributed by atoms with Gasteiger partial charge in [0.15, 0.2) is 0 Å². The summed E-state index contributed by atoms with van der Waals surface area (Å²) in [6.07, 6.45) is -1.11. The summed E-state index contributed by atoms with van der Waals surface area (Å²) >= 11 is 3.32. The Bertz CT molecular complexity index is 971. The fourth-order valence-electron chi connectivity index (χ4n) is 3.52. The summed E-state index contributed by atoms with van der Waals surface area (Å²) in [7, 11) is 1.55. The highest BCUT2D eigenvalue weighted by Gasteiger charge is 2.60. The Balaban J connectivity index is 1.91. The third kappa shape index (κ3) is 4.44. The largest absolute Gasteiger partial charge is 0.497 e. The summed E-state index contributed by atoms with van der Waals surface area (Å²) in [6.45, 7) is 5.28. The number of methoxy groups -OCH3 is 1. The van der Waals surface area contributed by atoms with Crippen molar-refractivity contribution in [3.8, 4) is 5.75 Å². The first-order valence-corrected chi connectivity index (χ1v) is 10.6. The van der Waals surface area contributed by atoms with Crippen molar-refractivity contribution in [1.29, 1.82) is 0 Å². The molecule has 0 aliphatic carbocycles. The summed E-state index contributed by atoms with van der Waals surface area (Å²) in [5, 5.41) is 0. The van der Waals surface area contributed by atoms with Crippen LogP contribution in [0, 0.1) is 5.41 Å². The fourth-order valence-corrected chi connectivity index (χ4v) is 3.78. The van der Waals surface area contributed by atoms with E-state index in [-0.39, 0.29) is 6.61 Å². The van der Waals surface area contributed by atoms with E-state index in [2.05, 4.69) is 15.9 Å². The number of β-lactam (4-membered cyclic amide) rings is 1. The minimum Gasteiger partial charge on any atom is -0.497 e. The first-order valence-electron chi connectivity index (χ1n) is 9.81. The van der Waals surface area contributed by atoms with Gasteiger partial charge in [-0.05, 0) is 69.3 Å². The molecule has 3 rings (SSSR count). The highest BCUT2D eigenvalue weighted by Crippen LogP contribution is 2.42. The molecule has 2 aromatic rings. The second-order valence-corrected chi connectivity index (χ2v) is 8.54. The molecule has 1 saturated heterocycles. The zero-order chi connectivity index (χ0) is 22.8. The number of esters is 2. The molecular formula is C23H24BrNO6. The van der Waals surface area contributed by atoms with Crippen molar-refractivity contribution in [3.63, 3.8) is 0 Å². The van der Waals surface area contributed by atoms with Crippen molar-refractivity contribution in [2.75, 3.05) is 18.6 Å². The van der Waals surface area contributed by atoms with Gasteiger partial charge in [0.25, 0.3) is 5.91 Å². The van der Waals surface area contributed by atoms with Crippen molar-refractivity contribution < 1.29 is 28.6 Å². The Morgan fingerprint density at radius 2 is 1.68 bits per heavy atom. The molecule has 0 aromatic heterocycles. The van der Waals surface area contributed by atoms with Gasteiger partial charge in [0, 0.05) is 10.2 Å². The predicted molar refractivity (Wildman–Crippen MR) is 118 cm³/mol. The fraction of sp³-hybridized carbons (Fsp3) is 0.348. The number of rotatable bonds is 7. The molecule has 164 valence electrons. The maximum atomic E-state index is 13.0. The zero-order valence-electron chi connectivity index (χ0n) is 17.8. The number of benzene rings is 2. The van der Waals surface area contributed by atoms with Crippen molar-refractivity contribution in [2.24, 2.45) is 5.41 Å². The molecule has 0 radical (unpaired) electrons. The van der Waals surface area contributed by atoms with Crippen LogP contribution in [0.1, 0.15) is 31.1 Å². The Morgan fingerprint density at radius 1 is 1.06 bits per heavy atom. The van der Waals surface area contributed by atoms with E-state index in [1.807, 2.05) is 0 Å². The van der Waals surface area contributed by atoms with Crippen molar-refractivity contribution >= 4 is 39.5 Å². The van der Waals surface area contributed by atoms with Crippen molar-refractivity contribution in [1.82, 2.24) is 0 Å². The Labute approximate surface area is 189 Å². The summed E-state index contributed by atoms with van der Waals surface area (Å²) in [6, 6.07) is 12.8. The summed E-state index contributed by atoms with van der Waals surface area (Å²) in [5.41, 5.74) is -0.232. The molecule has 2 atom stereocenters. The number of ether oxygens (including phenoxy) is 3. The number of hydrogen-bond donors (Lipinski definition) is 0. The smallest absolute Gasteiger partial charge is 0.338 e. The molecule has 0 N–H and O–H groups in total. The molecule has 7 nitrogen and oxygen atoms in total. The van der Waals surface area contributed by atoms with E-state index in [1.54, 1.807) is 76.4 Å². The number of halogens is 1. The maximum Gasteiger partial charge on any atom is 0.338 e. The molecule has 2 aromatic carbocycles. The molecule has 0 spiro atoms. The lowest BCUT2D eigenvalue weighted by Gasteiger charge is -2.51. The van der Waals surface area contributed by atoms with E-state index in [0.29, 0.717) is 17.0 Å². The van der Waals surface area contributed by atoms with Crippen LogP contribution in [0.4, 0.5) is 5.69 Å². The second kappa shape index (κ2) is 9.09. The SMILES string of the molecule is CCOC(=O)C(C)(C)[C@@H]1[C@@H](OC(=O)c2ccc(Br)cc2)C(=O)N1c1ccc(OC)cc1. The normalized spacial score (nSPS) is 18.2. The van der Waals surface area contributed by atoms with Gasteiger partial charge in [-0.3, -0.25) is 9.59 Å². The Morgan fingerprint density at radius 3 is 2.23 bits per heavy atom. The molecule has 0 saturated carbocycles. The zero-order valence-corrected chi connectivity index (χ0v) is 19.3. The third-order valence-corrected chi connectivity index (χ3v) is 5.78. The lowest BCUT2D eigenvalue weighted by molar-refractivity contribution is -0.162. The topological polar surface area (TPSA) is 82.1 Å². The van der Waals surface area contributed by atoms with Gasteiger partial charge in [0.2, 0.25) is 6.10 Å². The van der Waals surface area contributed by atoms with Crippen LogP contribution in [0.3, 0.4) is 0 Å². The molecule has 1 heterocycles. The lowest BCUT2D eigenvalue weighted by Crippen LogP contribution is -2.72. The first-order chi connectivity index (χ1) is 14.7. The maximum absolute atomic E-state index is 13.0. The quantitative estimate of drug-likeness (QED) is 0.432. The number of hydrogen-bond acceptors (Lipinski definition) is 6. The Kier molecular flexibility index (Phi) is 6.69. The summed E-state index contributed by atoms with van der Waals surface area (Å²) in [4.78, 5) is 39.9. The van der Waals surface area contributed by atoms with Crippen LogP contribution < -0.4 is 9.64 Å². The van der Waals surface area contributed by atoms with Crippen LogP contribution in [0.25, 0.3) is 0 Å². The number of nitrogens with zero attached hydrogens (tertiary/aromatic N) is 1. The van der Waals surface area contributed by atoms with Crippen LogP contribution in [0.15, 0.2) is 53.0 Å². The minimum absolute atomic E-state index is 0.203. The third-order valence-electron chi connectivity index (χ3n) is 5.25. The van der Waals surface area contributed by atoms with E-state index in [9.17, 15) is 14.4 Å². The molecule has 0 bridgehead atoms. The molecule has 8 heteroatoms. The summed E-state index contributed by atoms with van der Waals surface area (Å²) < 4.78 is 16.8. The van der Waals surface area contributed by atoms with Crippen molar-refractivity contribution in [2.45, 2.75) is 32.9 Å². The molecule has 1 aliphatic rings. The number of amides is 1. The first kappa shape index (κ1) is 22.8. The van der Waals surface area contributed by atoms with Gasteiger partial charge in [-0.15, -0.1) is 0 Å². The summed E-state index contributed by atoms with van der Waals surface area (Å²) in [5.74, 6) is -0.880. The van der Waals surface area contributed by atoms with Crippen molar-refractivity contribution in [3.05, 3.63) is 58.6 Å². The molecule has 1 amide bonds. The van der Waals surface area contributed by atoms with Crippen LogP contribution in [0.2, 0.25) is 0 Å². The Hall–Kier alpha value is -2.87. The second-order valence-electron chi connectivity index (χ2n) is 7.63. The van der Waals surface area contributed by atoms with E-state index in [1.165, 1.54) is 4.90 Å². The highest BCUT2D eigenvalue weighted by molar-refractivity contribution is 9.10. The van der Waals surface area contributed by atoms with Gasteiger partial charge < -0.3 is 19.1 Å². The van der Waals surface area contributed by atoms with Gasteiger partial charge in [-0.1, -0.05) is 15.9 Å². The van der Waals surface area contributed by atoms with Gasteiger partial charge in [0.1, 0.15) is 5.75 Å². The van der Waals surface area contributed by atoms with Gasteiger partial charge >= 0.3 is 11.9 Å². The lowest BCUT2D eigenvalue weighted by atomic mass is 9.74. The van der Waals surface area contributed by atoms with Gasteiger partial charge in [-0.2, -0.15) is 0 Å². The van der Waals surface area contributed by atoms with Crippen LogP contribution in [-0.2, 0) is 19.1 Å². The average Bonchev–Trinajstić information content (AvgIpc) is 2.76. The van der Waals surface area contributed by atoms with E-state index < -0.39 is 35.4 Å². The van der Waals surface area contributed by atoms with E-state index >= 15 is 0 Å². The van der Waals surface area contributed by atoms with E-state index in [4.69, 9.17) is 14.2 Å². The standard InChI is InChI=1S/C23H24BrNO6/c1-5-30-22(28)23(2,3)19-18(31-21(27)14-6-8-15(24)9-7-14)20(26)25(19)16-10-12-17(29-4)13-11-16/h6-13,18-19H,5H2,1-4H3/t18-,19+/m1/s1. The van der Waals surface area contributed by atoms with E-state index in [0.717, 1.165) is 4.47 Å². The van der Waals surface area contributed by atoms with Crippen LogP contribution in [-0.4, -0.2) is 43.7 Å². The molecule has 1 fully saturated rings. The molecule has 31 heavy (non-hydrogen) atoms. The number of carbonyl (C=O) groups excluding carboxylic acids is 3. The van der Waals surface area contributed by atoms with Gasteiger partial charge in [-0.25, -0.2) is 4.79 Å². The highest BCUT2D eigenvalue weighted by atomic mass is 79.9. The van der Waals surface area contributed by atoms with Gasteiger partial charge in [0.05, 0.1) is 30.7 Å². The van der Waals surface area contributed by atoms with Crippen LogP contribution >= 0.6 is 15.9 Å². The average molecular weight is 490 g/mol. The monoisotopic (exact) mass is 489 g/mol. The number of carbonyl (C=O) groups is 3. The van der Waals surface area contributed by atoms with Crippen LogP contribution in [0.5, 0.6) is 5.75 Å². The number of anilines is 1. The minimum atomic E-state index is -1.12. The predicted octanol–water partition coefficient (Wildman–Crippen LogP) is 3.99.